The van der Waals surface area contributed by atoms with Crippen molar-refractivity contribution >= 4 is 10.8 Å². The minimum atomic E-state index is 0.877. The highest BCUT2D eigenvalue weighted by Crippen LogP contribution is 2.43. The van der Waals surface area contributed by atoms with Gasteiger partial charge in [0, 0.05) is 21.9 Å². The second-order valence-corrected chi connectivity index (χ2v) is 7.99. The Bertz CT molecular complexity index is 1400. The zero-order chi connectivity index (χ0) is 22.0. The van der Waals surface area contributed by atoms with Crippen molar-refractivity contribution in [2.75, 3.05) is 0 Å². The fourth-order valence-electron chi connectivity index (χ4n) is 4.41. The molecule has 3 nitrogen and oxygen atoms in total. The van der Waals surface area contributed by atoms with Crippen molar-refractivity contribution in [3.05, 3.63) is 121 Å². The van der Waals surface area contributed by atoms with E-state index < -0.39 is 0 Å². The molecule has 0 saturated heterocycles. The summed E-state index contributed by atoms with van der Waals surface area (Å²) in [6.45, 7) is 0. The second-order valence-electron chi connectivity index (χ2n) is 7.99. The summed E-state index contributed by atoms with van der Waals surface area (Å²) < 4.78 is 0. The molecule has 156 valence electrons. The van der Waals surface area contributed by atoms with Crippen molar-refractivity contribution in [2.45, 2.75) is 0 Å². The molecule has 0 radical (unpaired) electrons. The molecule has 1 N–H and O–H groups in total. The molecule has 33 heavy (non-hydrogen) atoms. The summed E-state index contributed by atoms with van der Waals surface area (Å²) in [6, 6.07) is 41.5. The third-order valence-electron chi connectivity index (χ3n) is 5.94. The highest BCUT2D eigenvalue weighted by Gasteiger charge is 2.23. The van der Waals surface area contributed by atoms with Crippen LogP contribution in [-0.4, -0.2) is 15.2 Å². The molecule has 0 saturated carbocycles. The molecule has 2 heterocycles. The van der Waals surface area contributed by atoms with Crippen LogP contribution in [-0.2, 0) is 0 Å². The topological polar surface area (TPSA) is 41.6 Å². The maximum absolute atomic E-state index is 4.78. The maximum Gasteiger partial charge on any atom is 0.103 e. The van der Waals surface area contributed by atoms with Gasteiger partial charge in [0.1, 0.15) is 11.4 Å². The third-order valence-corrected chi connectivity index (χ3v) is 5.94. The van der Waals surface area contributed by atoms with Crippen molar-refractivity contribution < 1.29 is 0 Å². The van der Waals surface area contributed by atoms with Crippen LogP contribution in [0.15, 0.2) is 121 Å². The van der Waals surface area contributed by atoms with Gasteiger partial charge in [0.05, 0.1) is 11.4 Å². The number of aromatic amines is 1. The van der Waals surface area contributed by atoms with Gasteiger partial charge in [-0.25, -0.2) is 0 Å². The predicted octanol–water partition coefficient (Wildman–Crippen LogP) is 7.63. The number of aromatic nitrogens is 3. The summed E-state index contributed by atoms with van der Waals surface area (Å²) in [6.07, 6.45) is 0. The predicted molar refractivity (Wildman–Crippen MR) is 136 cm³/mol. The number of benzene rings is 4. The highest BCUT2D eigenvalue weighted by atomic mass is 15.1. The minimum Gasteiger partial charge on any atom is -0.353 e. The van der Waals surface area contributed by atoms with Gasteiger partial charge in [0.25, 0.3) is 0 Å². The molecule has 4 aromatic carbocycles. The lowest BCUT2D eigenvalue weighted by Gasteiger charge is -2.10. The number of nitrogens with zero attached hydrogens (tertiary/aromatic N) is 2. The van der Waals surface area contributed by atoms with Gasteiger partial charge in [0.2, 0.25) is 0 Å². The normalized spacial score (nSPS) is 11.0. The number of hydrogen-bond acceptors (Lipinski definition) is 2. The standard InChI is InChI=1S/C30H21N3/c1-5-13-21(14-6-1)27-25-26(28(31-27)22-15-7-2-8-16-22)30(24-19-11-4-12-20-24)33-32-29(25)23-17-9-3-10-18-23/h1-20,31H. The first-order valence-electron chi connectivity index (χ1n) is 11.0. The van der Waals surface area contributed by atoms with Gasteiger partial charge < -0.3 is 4.98 Å². The van der Waals surface area contributed by atoms with Gasteiger partial charge in [-0.05, 0) is 11.1 Å². The van der Waals surface area contributed by atoms with Crippen LogP contribution in [0, 0.1) is 0 Å². The molecule has 6 rings (SSSR count). The summed E-state index contributed by atoms with van der Waals surface area (Å²) >= 11 is 0. The van der Waals surface area contributed by atoms with E-state index in [4.69, 9.17) is 10.2 Å². The lowest BCUT2D eigenvalue weighted by molar-refractivity contribution is 1.06. The molecular weight excluding hydrogens is 402 g/mol. The molecule has 0 unspecified atom stereocenters. The van der Waals surface area contributed by atoms with Gasteiger partial charge in [-0.2, -0.15) is 0 Å². The average Bonchev–Trinajstić information content (AvgIpc) is 3.31. The number of H-pyrrole nitrogens is 1. The monoisotopic (exact) mass is 423 g/mol. The van der Waals surface area contributed by atoms with Crippen LogP contribution in [0.4, 0.5) is 0 Å². The number of hydrogen-bond donors (Lipinski definition) is 1. The maximum atomic E-state index is 4.78. The van der Waals surface area contributed by atoms with Gasteiger partial charge >= 0.3 is 0 Å². The Hall–Kier alpha value is -4.50. The van der Waals surface area contributed by atoms with Crippen LogP contribution in [0.25, 0.3) is 55.8 Å². The van der Waals surface area contributed by atoms with E-state index in [0.29, 0.717) is 0 Å². The van der Waals surface area contributed by atoms with Crippen molar-refractivity contribution in [2.24, 2.45) is 0 Å². The van der Waals surface area contributed by atoms with Gasteiger partial charge in [0.15, 0.2) is 0 Å². The Kier molecular flexibility index (Phi) is 4.78. The molecular formula is C30H21N3. The fourth-order valence-corrected chi connectivity index (χ4v) is 4.41. The zero-order valence-corrected chi connectivity index (χ0v) is 17.9. The van der Waals surface area contributed by atoms with Gasteiger partial charge in [-0.15, -0.1) is 10.2 Å². The summed E-state index contributed by atoms with van der Waals surface area (Å²) in [4.78, 5) is 3.76. The molecule has 6 aromatic rings. The van der Waals surface area contributed by atoms with E-state index in [9.17, 15) is 0 Å². The lowest BCUT2D eigenvalue weighted by Crippen LogP contribution is -1.94. The number of nitrogens with one attached hydrogen (secondary N) is 1. The van der Waals surface area contributed by atoms with E-state index in [1.54, 1.807) is 0 Å². The molecule has 2 aromatic heterocycles. The molecule has 0 fully saturated rings. The summed E-state index contributed by atoms with van der Waals surface area (Å²) in [5.41, 5.74) is 8.19. The van der Waals surface area contributed by atoms with Gasteiger partial charge in [-0.1, -0.05) is 121 Å². The molecule has 0 aliphatic heterocycles. The molecule has 0 aliphatic rings. The average molecular weight is 424 g/mol. The Labute approximate surface area is 192 Å². The van der Waals surface area contributed by atoms with E-state index in [0.717, 1.165) is 55.8 Å². The van der Waals surface area contributed by atoms with E-state index in [1.165, 1.54) is 0 Å². The quantitative estimate of drug-likeness (QED) is 0.317. The van der Waals surface area contributed by atoms with E-state index in [2.05, 4.69) is 77.8 Å². The molecule has 0 amide bonds. The molecule has 0 atom stereocenters. The Morgan fingerprint density at radius 2 is 0.667 bits per heavy atom. The largest absolute Gasteiger partial charge is 0.353 e. The van der Waals surface area contributed by atoms with Crippen LogP contribution in [0.5, 0.6) is 0 Å². The summed E-state index contributed by atoms with van der Waals surface area (Å²) in [5, 5.41) is 11.7. The van der Waals surface area contributed by atoms with Gasteiger partial charge in [-0.3, -0.25) is 0 Å². The first-order chi connectivity index (χ1) is 16.4. The third kappa shape index (κ3) is 3.40. The van der Waals surface area contributed by atoms with E-state index in [-0.39, 0.29) is 0 Å². The highest BCUT2D eigenvalue weighted by molar-refractivity contribution is 6.15. The van der Waals surface area contributed by atoms with Crippen LogP contribution in [0.2, 0.25) is 0 Å². The zero-order valence-electron chi connectivity index (χ0n) is 17.9. The van der Waals surface area contributed by atoms with E-state index in [1.807, 2.05) is 48.5 Å². The van der Waals surface area contributed by atoms with Crippen molar-refractivity contribution in [3.63, 3.8) is 0 Å². The molecule has 3 heteroatoms. The molecule has 0 aliphatic carbocycles. The van der Waals surface area contributed by atoms with Crippen LogP contribution in [0.3, 0.4) is 0 Å². The summed E-state index contributed by atoms with van der Waals surface area (Å²) in [5.74, 6) is 0. The number of rotatable bonds is 4. The fraction of sp³-hybridized carbons (Fsp3) is 0. The molecule has 0 spiro atoms. The van der Waals surface area contributed by atoms with Crippen LogP contribution < -0.4 is 0 Å². The van der Waals surface area contributed by atoms with Crippen LogP contribution in [0.1, 0.15) is 0 Å². The SMILES string of the molecule is c1ccc(-c2nnc(-c3ccccc3)c3c(-c4ccccc4)[nH]c(-c4ccccc4)c23)cc1. The van der Waals surface area contributed by atoms with Crippen LogP contribution >= 0.6 is 0 Å². The Morgan fingerprint density at radius 3 is 1.00 bits per heavy atom. The number of fused-ring (bicyclic) bond motifs is 1. The lowest BCUT2D eigenvalue weighted by atomic mass is 9.97. The summed E-state index contributed by atoms with van der Waals surface area (Å²) in [7, 11) is 0. The van der Waals surface area contributed by atoms with Crippen molar-refractivity contribution in [3.8, 4) is 45.0 Å². The Morgan fingerprint density at radius 1 is 0.364 bits per heavy atom. The Balaban J connectivity index is 1.79. The second kappa shape index (κ2) is 8.21. The first-order valence-corrected chi connectivity index (χ1v) is 11.0. The smallest absolute Gasteiger partial charge is 0.103 e. The first kappa shape index (κ1) is 19.2. The molecule has 0 bridgehead atoms. The minimum absolute atomic E-state index is 0.877. The van der Waals surface area contributed by atoms with Crippen molar-refractivity contribution in [1.82, 2.24) is 15.2 Å². The van der Waals surface area contributed by atoms with Crippen molar-refractivity contribution in [1.29, 1.82) is 0 Å². The van der Waals surface area contributed by atoms with E-state index >= 15 is 0 Å².